The van der Waals surface area contributed by atoms with E-state index in [0.29, 0.717) is 19.8 Å². The summed E-state index contributed by atoms with van der Waals surface area (Å²) in [5, 5.41) is 19.8. The topological polar surface area (TPSA) is 70.0 Å². The molecule has 2 N–H and O–H groups in total. The Morgan fingerprint density at radius 3 is 2.74 bits per heavy atom. The molecule has 1 aliphatic heterocycles. The number of nitrogens with zero attached hydrogens (tertiary/aromatic N) is 1. The molecule has 2 fully saturated rings. The zero-order valence-electron chi connectivity index (χ0n) is 11.8. The molecule has 0 aromatic heterocycles. The molecule has 1 saturated carbocycles. The first-order chi connectivity index (χ1) is 8.88. The van der Waals surface area contributed by atoms with Crippen LogP contribution in [0.2, 0.25) is 0 Å². The third-order valence-corrected chi connectivity index (χ3v) is 4.10. The Bertz CT molecular complexity index is 326. The maximum atomic E-state index is 12.3. The molecule has 5 nitrogen and oxygen atoms in total. The minimum absolute atomic E-state index is 0.0406. The van der Waals surface area contributed by atoms with Crippen LogP contribution in [-0.4, -0.2) is 58.5 Å². The van der Waals surface area contributed by atoms with Gasteiger partial charge in [-0.2, -0.15) is 0 Å². The quantitative estimate of drug-likeness (QED) is 0.786. The van der Waals surface area contributed by atoms with Crippen LogP contribution in [0.1, 0.15) is 39.5 Å². The Morgan fingerprint density at radius 2 is 2.16 bits per heavy atom. The van der Waals surface area contributed by atoms with Gasteiger partial charge >= 0.3 is 0 Å². The third-order valence-electron chi connectivity index (χ3n) is 4.10. The molecule has 5 heteroatoms. The molecule has 0 radical (unpaired) electrons. The summed E-state index contributed by atoms with van der Waals surface area (Å²) in [7, 11) is 0. The molecule has 1 saturated heterocycles. The second-order valence-corrected chi connectivity index (χ2v) is 6.38. The van der Waals surface area contributed by atoms with Gasteiger partial charge < -0.3 is 19.8 Å². The molecule has 1 aliphatic carbocycles. The number of morpholine rings is 1. The van der Waals surface area contributed by atoms with Crippen LogP contribution in [-0.2, 0) is 9.53 Å². The molecule has 0 aromatic rings. The highest BCUT2D eigenvalue weighted by Gasteiger charge is 2.40. The van der Waals surface area contributed by atoms with E-state index in [2.05, 4.69) is 0 Å². The molecule has 110 valence electrons. The van der Waals surface area contributed by atoms with E-state index in [0.717, 1.165) is 19.3 Å². The van der Waals surface area contributed by atoms with Crippen molar-refractivity contribution in [1.82, 2.24) is 4.90 Å². The SMILES string of the molecule is CC(C)(O)CC(=O)N1CCOCC1C1CCCC1O. The smallest absolute Gasteiger partial charge is 0.225 e. The summed E-state index contributed by atoms with van der Waals surface area (Å²) in [6, 6.07) is -0.0406. The van der Waals surface area contributed by atoms with E-state index in [1.807, 2.05) is 0 Å². The van der Waals surface area contributed by atoms with Crippen LogP contribution < -0.4 is 0 Å². The van der Waals surface area contributed by atoms with Crippen LogP contribution >= 0.6 is 0 Å². The van der Waals surface area contributed by atoms with Crippen molar-refractivity contribution in [3.63, 3.8) is 0 Å². The second-order valence-electron chi connectivity index (χ2n) is 6.38. The molecule has 2 aliphatic rings. The van der Waals surface area contributed by atoms with E-state index >= 15 is 0 Å². The van der Waals surface area contributed by atoms with Crippen LogP contribution in [0.15, 0.2) is 0 Å². The van der Waals surface area contributed by atoms with E-state index in [1.54, 1.807) is 18.7 Å². The number of hydrogen-bond donors (Lipinski definition) is 2. The van der Waals surface area contributed by atoms with E-state index in [1.165, 1.54) is 0 Å². The minimum atomic E-state index is -0.992. The van der Waals surface area contributed by atoms with E-state index in [9.17, 15) is 15.0 Å². The van der Waals surface area contributed by atoms with Crippen molar-refractivity contribution in [2.45, 2.75) is 57.3 Å². The maximum absolute atomic E-state index is 12.3. The van der Waals surface area contributed by atoms with E-state index in [-0.39, 0.29) is 30.4 Å². The first-order valence-corrected chi connectivity index (χ1v) is 7.16. The summed E-state index contributed by atoms with van der Waals surface area (Å²) in [6.07, 6.45) is 2.56. The lowest BCUT2D eigenvalue weighted by Gasteiger charge is -2.41. The van der Waals surface area contributed by atoms with E-state index in [4.69, 9.17) is 4.74 Å². The molecular weight excluding hydrogens is 246 g/mol. The highest BCUT2D eigenvalue weighted by atomic mass is 16.5. The van der Waals surface area contributed by atoms with Gasteiger partial charge in [-0.3, -0.25) is 4.79 Å². The molecular formula is C14H25NO4. The molecule has 3 unspecified atom stereocenters. The number of carbonyl (C=O) groups excluding carboxylic acids is 1. The Labute approximate surface area is 114 Å². The number of hydrogen-bond acceptors (Lipinski definition) is 4. The first kappa shape index (κ1) is 14.8. The Balaban J connectivity index is 2.05. The van der Waals surface area contributed by atoms with Gasteiger partial charge in [0.25, 0.3) is 0 Å². The summed E-state index contributed by atoms with van der Waals surface area (Å²) in [4.78, 5) is 14.1. The first-order valence-electron chi connectivity index (χ1n) is 7.16. The lowest BCUT2D eigenvalue weighted by atomic mass is 9.93. The van der Waals surface area contributed by atoms with Crippen LogP contribution in [0.25, 0.3) is 0 Å². The maximum Gasteiger partial charge on any atom is 0.225 e. The Morgan fingerprint density at radius 1 is 1.42 bits per heavy atom. The summed E-state index contributed by atoms with van der Waals surface area (Å²) in [6.45, 7) is 4.88. The minimum Gasteiger partial charge on any atom is -0.393 e. The average Bonchev–Trinajstić information content (AvgIpc) is 2.73. The van der Waals surface area contributed by atoms with Gasteiger partial charge in [0.2, 0.25) is 5.91 Å². The number of carbonyl (C=O) groups is 1. The lowest BCUT2D eigenvalue weighted by Crippen LogP contribution is -2.54. The molecule has 2 rings (SSSR count). The highest BCUT2D eigenvalue weighted by molar-refractivity contribution is 5.77. The predicted octanol–water partition coefficient (Wildman–Crippen LogP) is 0.536. The van der Waals surface area contributed by atoms with Gasteiger partial charge in [0.1, 0.15) is 0 Å². The third kappa shape index (κ3) is 3.68. The van der Waals surface area contributed by atoms with Crippen LogP contribution in [0, 0.1) is 5.92 Å². The number of ether oxygens (including phenoxy) is 1. The van der Waals surface area contributed by atoms with Crippen molar-refractivity contribution in [3.05, 3.63) is 0 Å². The van der Waals surface area contributed by atoms with Crippen molar-refractivity contribution in [2.75, 3.05) is 19.8 Å². The van der Waals surface area contributed by atoms with Crippen LogP contribution in [0.5, 0.6) is 0 Å². The number of rotatable bonds is 3. The Kier molecular flexibility index (Phi) is 4.48. The van der Waals surface area contributed by atoms with Gasteiger partial charge in [-0.15, -0.1) is 0 Å². The summed E-state index contributed by atoms with van der Waals surface area (Å²) in [5.41, 5.74) is -0.992. The molecule has 0 spiro atoms. The van der Waals surface area contributed by atoms with Gasteiger partial charge in [0, 0.05) is 12.5 Å². The largest absolute Gasteiger partial charge is 0.393 e. The molecule has 1 heterocycles. The van der Waals surface area contributed by atoms with Gasteiger partial charge in [-0.05, 0) is 26.7 Å². The average molecular weight is 271 g/mol. The molecule has 1 amide bonds. The fourth-order valence-electron chi connectivity index (χ4n) is 3.18. The summed E-state index contributed by atoms with van der Waals surface area (Å²) in [5.74, 6) is 0.0750. The van der Waals surface area contributed by atoms with Gasteiger partial charge in [-0.25, -0.2) is 0 Å². The van der Waals surface area contributed by atoms with Crippen molar-refractivity contribution in [1.29, 1.82) is 0 Å². The van der Waals surface area contributed by atoms with Crippen molar-refractivity contribution in [3.8, 4) is 0 Å². The normalized spacial score (nSPS) is 32.6. The molecule has 0 aromatic carbocycles. The monoisotopic (exact) mass is 271 g/mol. The zero-order valence-corrected chi connectivity index (χ0v) is 11.8. The molecule has 0 bridgehead atoms. The fourth-order valence-corrected chi connectivity index (χ4v) is 3.18. The van der Waals surface area contributed by atoms with Gasteiger partial charge in [0.15, 0.2) is 0 Å². The zero-order chi connectivity index (χ0) is 14.0. The summed E-state index contributed by atoms with van der Waals surface area (Å²) >= 11 is 0. The van der Waals surface area contributed by atoms with Crippen LogP contribution in [0.3, 0.4) is 0 Å². The van der Waals surface area contributed by atoms with Crippen molar-refractivity contribution >= 4 is 5.91 Å². The predicted molar refractivity (Wildman–Crippen MR) is 70.6 cm³/mol. The highest BCUT2D eigenvalue weighted by Crippen LogP contribution is 2.32. The second kappa shape index (κ2) is 5.77. The standard InChI is InChI=1S/C14H25NO4/c1-14(2,18)8-13(17)15-6-7-19-9-11(15)10-4-3-5-12(10)16/h10-12,16,18H,3-9H2,1-2H3. The van der Waals surface area contributed by atoms with E-state index < -0.39 is 5.60 Å². The number of aliphatic hydroxyl groups excluding tert-OH is 1. The lowest BCUT2D eigenvalue weighted by molar-refractivity contribution is -0.147. The van der Waals surface area contributed by atoms with Gasteiger partial charge in [-0.1, -0.05) is 6.42 Å². The van der Waals surface area contributed by atoms with Gasteiger partial charge in [0.05, 0.1) is 37.4 Å². The number of amides is 1. The Hall–Kier alpha value is -0.650. The molecule has 3 atom stereocenters. The molecule has 19 heavy (non-hydrogen) atoms. The van der Waals surface area contributed by atoms with Crippen molar-refractivity contribution in [2.24, 2.45) is 5.92 Å². The fraction of sp³-hybridized carbons (Fsp3) is 0.929. The van der Waals surface area contributed by atoms with Crippen molar-refractivity contribution < 1.29 is 19.7 Å². The number of aliphatic hydroxyl groups is 2. The summed E-state index contributed by atoms with van der Waals surface area (Å²) < 4.78 is 5.49. The van der Waals surface area contributed by atoms with Crippen LogP contribution in [0.4, 0.5) is 0 Å².